The highest BCUT2D eigenvalue weighted by Gasteiger charge is 2.12. The van der Waals surface area contributed by atoms with Gasteiger partial charge in [-0.15, -0.1) is 0 Å². The maximum absolute atomic E-state index is 13.2. The van der Waals surface area contributed by atoms with Gasteiger partial charge in [-0.25, -0.2) is 19.0 Å². The number of urea groups is 1. The molecule has 1 aromatic heterocycles. The van der Waals surface area contributed by atoms with Gasteiger partial charge in [0.1, 0.15) is 11.6 Å². The lowest BCUT2D eigenvalue weighted by Gasteiger charge is -2.08. The van der Waals surface area contributed by atoms with Gasteiger partial charge in [-0.3, -0.25) is 0 Å². The van der Waals surface area contributed by atoms with Gasteiger partial charge in [0.15, 0.2) is 0 Å². The van der Waals surface area contributed by atoms with Gasteiger partial charge in [-0.2, -0.15) is 0 Å². The summed E-state index contributed by atoms with van der Waals surface area (Å²) < 4.78 is 15.0. The van der Waals surface area contributed by atoms with Crippen LogP contribution in [0, 0.1) is 5.82 Å². The number of imidazole rings is 1. The number of aromatic nitrogens is 2. The van der Waals surface area contributed by atoms with Crippen molar-refractivity contribution in [3.8, 4) is 0 Å². The molecule has 0 bridgehead atoms. The quantitative estimate of drug-likeness (QED) is 0.797. The number of rotatable bonds is 4. The number of halogens is 1. The Labute approximate surface area is 119 Å². The average Bonchev–Trinajstić information content (AvgIpc) is 2.84. The number of aromatic carboxylic acids is 1. The second-order valence-corrected chi connectivity index (χ2v) is 4.26. The number of anilines is 1. The lowest BCUT2D eigenvalue weighted by molar-refractivity contribution is 0.0692. The van der Waals surface area contributed by atoms with Gasteiger partial charge in [0.25, 0.3) is 0 Å². The molecule has 7 nitrogen and oxygen atoms in total. The smallest absolute Gasteiger partial charge is 0.338 e. The number of amides is 2. The number of aryl methyl sites for hydroxylation is 1. The summed E-state index contributed by atoms with van der Waals surface area (Å²) in [4.78, 5) is 26.5. The van der Waals surface area contributed by atoms with Crippen molar-refractivity contribution >= 4 is 17.7 Å². The molecule has 0 fully saturated rings. The molecule has 0 saturated heterocycles. The number of carboxylic acids is 1. The predicted molar refractivity (Wildman–Crippen MR) is 72.4 cm³/mol. The highest BCUT2D eigenvalue weighted by atomic mass is 19.1. The van der Waals surface area contributed by atoms with Crippen molar-refractivity contribution < 1.29 is 19.1 Å². The fourth-order valence-corrected chi connectivity index (χ4v) is 1.67. The highest BCUT2D eigenvalue weighted by Crippen LogP contribution is 2.14. The van der Waals surface area contributed by atoms with Gasteiger partial charge in [0, 0.05) is 25.1 Å². The zero-order chi connectivity index (χ0) is 15.4. The molecule has 1 aromatic carbocycles. The van der Waals surface area contributed by atoms with Crippen LogP contribution in [0.1, 0.15) is 16.2 Å². The monoisotopic (exact) mass is 292 g/mol. The maximum Gasteiger partial charge on any atom is 0.338 e. The fraction of sp³-hybridized carbons (Fsp3) is 0.154. The lowest BCUT2D eigenvalue weighted by Crippen LogP contribution is -2.29. The minimum absolute atomic E-state index is 0.186. The van der Waals surface area contributed by atoms with E-state index in [1.807, 2.05) is 0 Å². The molecule has 0 aliphatic carbocycles. The zero-order valence-corrected chi connectivity index (χ0v) is 11.1. The van der Waals surface area contributed by atoms with Crippen LogP contribution in [0.4, 0.5) is 14.9 Å². The summed E-state index contributed by atoms with van der Waals surface area (Å²) in [5.41, 5.74) is -0.317. The highest BCUT2D eigenvalue weighted by molar-refractivity contribution is 5.93. The van der Waals surface area contributed by atoms with Crippen LogP contribution in [0.25, 0.3) is 0 Å². The van der Waals surface area contributed by atoms with E-state index < -0.39 is 23.4 Å². The number of benzene rings is 1. The van der Waals surface area contributed by atoms with Crippen molar-refractivity contribution in [1.29, 1.82) is 0 Å². The average molecular weight is 292 g/mol. The van der Waals surface area contributed by atoms with E-state index in [-0.39, 0.29) is 12.2 Å². The standard InChI is InChI=1S/C13H13FN4O3/c1-18-5-4-15-11(18)7-16-13(21)17-8-2-3-10(14)9(6-8)12(19)20/h2-6H,7H2,1H3,(H,19,20)(H2,16,17,21). The van der Waals surface area contributed by atoms with Crippen LogP contribution >= 0.6 is 0 Å². The molecule has 0 aliphatic rings. The molecule has 21 heavy (non-hydrogen) atoms. The summed E-state index contributed by atoms with van der Waals surface area (Å²) in [7, 11) is 1.79. The van der Waals surface area contributed by atoms with E-state index >= 15 is 0 Å². The lowest BCUT2D eigenvalue weighted by atomic mass is 10.2. The minimum atomic E-state index is -1.40. The van der Waals surface area contributed by atoms with Crippen molar-refractivity contribution in [1.82, 2.24) is 14.9 Å². The number of hydrogen-bond donors (Lipinski definition) is 3. The number of carbonyl (C=O) groups is 2. The van der Waals surface area contributed by atoms with Crippen LogP contribution in [0.3, 0.4) is 0 Å². The third kappa shape index (κ3) is 3.56. The first kappa shape index (κ1) is 14.5. The normalized spacial score (nSPS) is 10.2. The molecule has 2 rings (SSSR count). The van der Waals surface area contributed by atoms with Crippen LogP contribution in [0.2, 0.25) is 0 Å². The van der Waals surface area contributed by atoms with E-state index in [0.29, 0.717) is 5.82 Å². The summed E-state index contributed by atoms with van der Waals surface area (Å²) in [5.74, 6) is -1.60. The topological polar surface area (TPSA) is 96.3 Å². The van der Waals surface area contributed by atoms with Gasteiger partial charge in [-0.05, 0) is 18.2 Å². The van der Waals surface area contributed by atoms with E-state index in [1.54, 1.807) is 24.0 Å². The molecule has 0 unspecified atom stereocenters. The summed E-state index contributed by atoms with van der Waals surface area (Å²) in [6.07, 6.45) is 3.35. The fourth-order valence-electron chi connectivity index (χ4n) is 1.67. The third-order valence-electron chi connectivity index (χ3n) is 2.78. The summed E-state index contributed by atoms with van der Waals surface area (Å²) in [6, 6.07) is 2.78. The van der Waals surface area contributed by atoms with Crippen LogP contribution in [0.15, 0.2) is 30.6 Å². The maximum atomic E-state index is 13.2. The van der Waals surface area contributed by atoms with Crippen LogP contribution in [0.5, 0.6) is 0 Å². The Bertz CT molecular complexity index is 684. The molecule has 2 amide bonds. The second kappa shape index (κ2) is 6.04. The first-order valence-electron chi connectivity index (χ1n) is 6.01. The molecule has 2 aromatic rings. The largest absolute Gasteiger partial charge is 0.478 e. The Morgan fingerprint density at radius 1 is 1.43 bits per heavy atom. The second-order valence-electron chi connectivity index (χ2n) is 4.26. The van der Waals surface area contributed by atoms with Gasteiger partial charge < -0.3 is 20.3 Å². The van der Waals surface area contributed by atoms with E-state index in [1.165, 1.54) is 6.07 Å². The first-order valence-corrected chi connectivity index (χ1v) is 6.01. The Morgan fingerprint density at radius 2 is 2.19 bits per heavy atom. The number of nitrogens with zero attached hydrogens (tertiary/aromatic N) is 2. The number of carboxylic acid groups (broad SMARTS) is 1. The van der Waals surface area contributed by atoms with Crippen LogP contribution in [-0.4, -0.2) is 26.7 Å². The zero-order valence-electron chi connectivity index (χ0n) is 11.1. The Balaban J connectivity index is 1.98. The summed E-state index contributed by atoms with van der Waals surface area (Å²) >= 11 is 0. The molecule has 0 atom stereocenters. The number of carbonyl (C=O) groups excluding carboxylic acids is 1. The number of hydrogen-bond acceptors (Lipinski definition) is 3. The molecular formula is C13H13FN4O3. The molecule has 0 aliphatic heterocycles. The van der Waals surface area contributed by atoms with Gasteiger partial charge in [-0.1, -0.05) is 0 Å². The van der Waals surface area contributed by atoms with E-state index in [0.717, 1.165) is 12.1 Å². The first-order chi connectivity index (χ1) is 9.97. The van der Waals surface area contributed by atoms with Crippen molar-refractivity contribution in [3.63, 3.8) is 0 Å². The van der Waals surface area contributed by atoms with Gasteiger partial charge in [0.2, 0.25) is 0 Å². The number of nitrogens with one attached hydrogen (secondary N) is 2. The molecule has 0 spiro atoms. The van der Waals surface area contributed by atoms with E-state index in [4.69, 9.17) is 5.11 Å². The Kier molecular flexibility index (Phi) is 4.17. The van der Waals surface area contributed by atoms with E-state index in [9.17, 15) is 14.0 Å². The summed E-state index contributed by atoms with van der Waals surface area (Å²) in [6.45, 7) is 0.211. The molecule has 110 valence electrons. The molecule has 3 N–H and O–H groups in total. The predicted octanol–water partition coefficient (Wildman–Crippen LogP) is 1.58. The molecule has 0 saturated carbocycles. The van der Waals surface area contributed by atoms with Gasteiger partial charge >= 0.3 is 12.0 Å². The molecular weight excluding hydrogens is 279 g/mol. The molecule has 8 heteroatoms. The van der Waals surface area contributed by atoms with Crippen LogP contribution < -0.4 is 10.6 Å². The Morgan fingerprint density at radius 3 is 2.81 bits per heavy atom. The minimum Gasteiger partial charge on any atom is -0.478 e. The molecule has 0 radical (unpaired) electrons. The summed E-state index contributed by atoms with van der Waals surface area (Å²) in [5, 5.41) is 13.8. The van der Waals surface area contributed by atoms with Crippen molar-refractivity contribution in [2.24, 2.45) is 7.05 Å². The Hall–Kier alpha value is -2.90. The van der Waals surface area contributed by atoms with Crippen molar-refractivity contribution in [2.45, 2.75) is 6.54 Å². The van der Waals surface area contributed by atoms with Gasteiger partial charge in [0.05, 0.1) is 12.1 Å². The van der Waals surface area contributed by atoms with Crippen LogP contribution in [-0.2, 0) is 13.6 Å². The van der Waals surface area contributed by atoms with Crippen molar-refractivity contribution in [2.75, 3.05) is 5.32 Å². The van der Waals surface area contributed by atoms with Crippen molar-refractivity contribution in [3.05, 3.63) is 47.8 Å². The van der Waals surface area contributed by atoms with E-state index in [2.05, 4.69) is 15.6 Å². The third-order valence-corrected chi connectivity index (χ3v) is 2.78. The molecule has 1 heterocycles. The SMILES string of the molecule is Cn1ccnc1CNC(=O)Nc1ccc(F)c(C(=O)O)c1.